The molecule has 10 aromatic carbocycles. The summed E-state index contributed by atoms with van der Waals surface area (Å²) in [6, 6.07) is 72.6. The molecule has 0 amide bonds. The molecule has 2 aromatic heterocycles. The van der Waals surface area contributed by atoms with Gasteiger partial charge in [0.15, 0.2) is 0 Å². The minimum Gasteiger partial charge on any atom is -0.341 e. The summed E-state index contributed by atoms with van der Waals surface area (Å²) in [6.07, 6.45) is 0. The second-order valence-corrected chi connectivity index (χ2v) is 16.1. The molecule has 0 saturated carbocycles. The van der Waals surface area contributed by atoms with Gasteiger partial charge < -0.3 is 9.13 Å². The molecule has 12 aromatic rings. The topological polar surface area (TPSA) is 9.86 Å². The van der Waals surface area contributed by atoms with Crippen molar-refractivity contribution in [1.29, 1.82) is 0 Å². The number of nitrogens with zero attached hydrogens (tertiary/aromatic N) is 2. The van der Waals surface area contributed by atoms with E-state index in [2.05, 4.69) is 217 Å². The van der Waals surface area contributed by atoms with Crippen LogP contribution in [0.2, 0.25) is 0 Å². The van der Waals surface area contributed by atoms with Crippen LogP contribution < -0.4 is 0 Å². The Morgan fingerprint density at radius 2 is 0.750 bits per heavy atom. The van der Waals surface area contributed by atoms with Crippen molar-refractivity contribution in [3.05, 3.63) is 194 Å². The van der Waals surface area contributed by atoms with E-state index in [1.54, 1.807) is 0 Å². The minimum absolute atomic E-state index is 0.910. The van der Waals surface area contributed by atoms with E-state index in [0.717, 1.165) is 13.1 Å². The molecule has 284 valence electrons. The standard InChI is InChI=1S/C58H42N2/c1-3-59-53-28-10-8-20-44(53)46-32-30-39(34-55(46)59)41-22-14-25-48-51(41)36-52-42(40-31-33-47-45-21-9-11-29-54(45)60(4-2)56(47)35-40)23-15-26-49(52)58(48)50-27-13-19-38-18-12-24-43(57(38)50)37-16-6-5-7-17-37/h5-36H,3-4H2,1-2H3. The molecule has 0 saturated heterocycles. The third kappa shape index (κ3) is 5.07. The summed E-state index contributed by atoms with van der Waals surface area (Å²) < 4.78 is 4.93. The molecule has 0 atom stereocenters. The van der Waals surface area contributed by atoms with Crippen LogP contribution in [0, 0.1) is 0 Å². The smallest absolute Gasteiger partial charge is 0.0497 e. The molecule has 0 N–H and O–H groups in total. The molecule has 0 radical (unpaired) electrons. The van der Waals surface area contributed by atoms with Gasteiger partial charge in [-0.1, -0.05) is 164 Å². The average molecular weight is 767 g/mol. The first kappa shape index (κ1) is 34.6. The first-order valence-corrected chi connectivity index (χ1v) is 21.3. The molecule has 0 bridgehead atoms. The summed E-state index contributed by atoms with van der Waals surface area (Å²) in [5.74, 6) is 0. The molecular weight excluding hydrogens is 725 g/mol. The maximum absolute atomic E-state index is 2.49. The van der Waals surface area contributed by atoms with E-state index in [9.17, 15) is 0 Å². The fraction of sp³-hybridized carbons (Fsp3) is 0.0690. The number of hydrogen-bond donors (Lipinski definition) is 0. The molecule has 2 heteroatoms. The Kier molecular flexibility index (Phi) is 7.83. The number of hydrogen-bond acceptors (Lipinski definition) is 0. The van der Waals surface area contributed by atoms with Gasteiger partial charge in [-0.15, -0.1) is 0 Å². The van der Waals surface area contributed by atoms with Crippen LogP contribution in [0.15, 0.2) is 194 Å². The zero-order valence-corrected chi connectivity index (χ0v) is 33.8. The van der Waals surface area contributed by atoms with Crippen molar-refractivity contribution in [2.45, 2.75) is 26.9 Å². The predicted molar refractivity (Wildman–Crippen MR) is 258 cm³/mol. The number of fused-ring (bicyclic) bond motifs is 9. The highest BCUT2D eigenvalue weighted by atomic mass is 15.0. The van der Waals surface area contributed by atoms with Gasteiger partial charge >= 0.3 is 0 Å². The third-order valence-electron chi connectivity index (χ3n) is 13.1. The van der Waals surface area contributed by atoms with Crippen LogP contribution in [0.25, 0.3) is 120 Å². The first-order valence-electron chi connectivity index (χ1n) is 21.3. The Hall–Kier alpha value is -7.42. The molecule has 0 aliphatic heterocycles. The normalized spacial score (nSPS) is 12.0. The van der Waals surface area contributed by atoms with Gasteiger partial charge in [-0.3, -0.25) is 0 Å². The summed E-state index contributed by atoms with van der Waals surface area (Å²) in [5, 5.41) is 12.7. The van der Waals surface area contributed by atoms with Gasteiger partial charge in [-0.05, 0) is 121 Å². The van der Waals surface area contributed by atoms with Gasteiger partial charge in [0.05, 0.1) is 0 Å². The monoisotopic (exact) mass is 766 g/mol. The maximum atomic E-state index is 2.49. The van der Waals surface area contributed by atoms with Crippen LogP contribution in [0.4, 0.5) is 0 Å². The van der Waals surface area contributed by atoms with Crippen LogP contribution >= 0.6 is 0 Å². The van der Waals surface area contributed by atoms with Gasteiger partial charge in [0.1, 0.15) is 0 Å². The Bertz CT molecular complexity index is 3490. The van der Waals surface area contributed by atoms with Crippen molar-refractivity contribution in [2.75, 3.05) is 0 Å². The third-order valence-corrected chi connectivity index (χ3v) is 13.1. The van der Waals surface area contributed by atoms with Gasteiger partial charge in [-0.2, -0.15) is 0 Å². The van der Waals surface area contributed by atoms with Gasteiger partial charge in [-0.25, -0.2) is 0 Å². The van der Waals surface area contributed by atoms with E-state index in [1.807, 2.05) is 0 Å². The lowest BCUT2D eigenvalue weighted by Gasteiger charge is -2.20. The van der Waals surface area contributed by atoms with Crippen LogP contribution in [0.5, 0.6) is 0 Å². The molecule has 0 unspecified atom stereocenters. The molecule has 0 aliphatic rings. The summed E-state index contributed by atoms with van der Waals surface area (Å²) in [5.41, 5.74) is 15.0. The summed E-state index contributed by atoms with van der Waals surface area (Å²) in [6.45, 7) is 6.32. The highest BCUT2D eigenvalue weighted by molar-refractivity contribution is 6.23. The zero-order chi connectivity index (χ0) is 39.9. The van der Waals surface area contributed by atoms with E-state index in [-0.39, 0.29) is 0 Å². The largest absolute Gasteiger partial charge is 0.341 e. The molecule has 0 aliphatic carbocycles. The summed E-state index contributed by atoms with van der Waals surface area (Å²) in [7, 11) is 0. The highest BCUT2D eigenvalue weighted by Gasteiger charge is 2.20. The predicted octanol–water partition coefficient (Wildman–Crippen LogP) is 16.1. The molecule has 0 fully saturated rings. The average Bonchev–Trinajstić information content (AvgIpc) is 3.81. The number of para-hydroxylation sites is 2. The number of aryl methyl sites for hydroxylation is 2. The Labute approximate surface area is 349 Å². The Balaban J connectivity index is 1.20. The molecule has 2 nitrogen and oxygen atoms in total. The second kappa shape index (κ2) is 13.6. The van der Waals surface area contributed by atoms with E-state index in [0.29, 0.717) is 0 Å². The lowest BCUT2D eigenvalue weighted by molar-refractivity contribution is 0.827. The van der Waals surface area contributed by atoms with Crippen LogP contribution in [0.1, 0.15) is 13.8 Å². The number of benzene rings is 10. The van der Waals surface area contributed by atoms with Crippen LogP contribution in [-0.2, 0) is 13.1 Å². The number of rotatable bonds is 6. The maximum Gasteiger partial charge on any atom is 0.0497 e. The quantitative estimate of drug-likeness (QED) is 0.149. The fourth-order valence-corrected chi connectivity index (χ4v) is 10.5. The molecule has 0 spiro atoms. The molecule has 12 rings (SSSR count). The van der Waals surface area contributed by atoms with Crippen LogP contribution in [0.3, 0.4) is 0 Å². The van der Waals surface area contributed by atoms with Crippen molar-refractivity contribution < 1.29 is 0 Å². The summed E-state index contributed by atoms with van der Waals surface area (Å²) in [4.78, 5) is 0. The second-order valence-electron chi connectivity index (χ2n) is 16.1. The van der Waals surface area contributed by atoms with Crippen LogP contribution in [-0.4, -0.2) is 9.13 Å². The van der Waals surface area contributed by atoms with Crippen molar-refractivity contribution in [3.8, 4) is 44.5 Å². The molecule has 2 heterocycles. The fourth-order valence-electron chi connectivity index (χ4n) is 10.5. The van der Waals surface area contributed by atoms with E-state index < -0.39 is 0 Å². The van der Waals surface area contributed by atoms with E-state index >= 15 is 0 Å². The number of aromatic nitrogens is 2. The van der Waals surface area contributed by atoms with Crippen molar-refractivity contribution in [2.24, 2.45) is 0 Å². The highest BCUT2D eigenvalue weighted by Crippen LogP contribution is 2.47. The minimum atomic E-state index is 0.910. The first-order chi connectivity index (χ1) is 29.7. The van der Waals surface area contributed by atoms with Gasteiger partial charge in [0.25, 0.3) is 0 Å². The van der Waals surface area contributed by atoms with Crippen molar-refractivity contribution in [1.82, 2.24) is 9.13 Å². The SMILES string of the molecule is CCn1c2ccccc2c2ccc(-c3cccc4c(-c5cccc6cccc(-c7ccccc7)c56)c5cccc(-c6ccc7c8ccccc8n(CC)c7c6)c5cc34)cc21. The van der Waals surface area contributed by atoms with Gasteiger partial charge in [0, 0.05) is 56.7 Å². The molecule has 60 heavy (non-hydrogen) atoms. The Morgan fingerprint density at radius 3 is 1.30 bits per heavy atom. The Morgan fingerprint density at radius 1 is 0.300 bits per heavy atom. The lowest BCUT2D eigenvalue weighted by Crippen LogP contribution is -1.94. The van der Waals surface area contributed by atoms with E-state index in [1.165, 1.54) is 120 Å². The van der Waals surface area contributed by atoms with Gasteiger partial charge in [0.2, 0.25) is 0 Å². The van der Waals surface area contributed by atoms with E-state index in [4.69, 9.17) is 0 Å². The van der Waals surface area contributed by atoms with Crippen molar-refractivity contribution in [3.63, 3.8) is 0 Å². The zero-order valence-electron chi connectivity index (χ0n) is 33.8. The summed E-state index contributed by atoms with van der Waals surface area (Å²) >= 11 is 0. The van der Waals surface area contributed by atoms with Crippen molar-refractivity contribution >= 4 is 75.9 Å². The lowest BCUT2D eigenvalue weighted by atomic mass is 9.83. The molecular formula is C58H42N2.